The van der Waals surface area contributed by atoms with Gasteiger partial charge in [-0.1, -0.05) is 22.0 Å². The molecule has 74 valence electrons. The lowest BCUT2D eigenvalue weighted by Crippen LogP contribution is -1.88. The van der Waals surface area contributed by atoms with E-state index in [1.54, 1.807) is 18.2 Å². The van der Waals surface area contributed by atoms with E-state index in [1.807, 2.05) is 0 Å². The van der Waals surface area contributed by atoms with Gasteiger partial charge in [0.15, 0.2) is 0 Å². The van der Waals surface area contributed by atoms with E-state index < -0.39 is 10.2 Å². The van der Waals surface area contributed by atoms with Gasteiger partial charge in [-0.25, -0.2) is 0 Å². The number of hydrogen-bond donors (Lipinski definition) is 1. The van der Waals surface area contributed by atoms with Gasteiger partial charge in [-0.2, -0.15) is 8.42 Å². The molecule has 1 aromatic heterocycles. The summed E-state index contributed by atoms with van der Waals surface area (Å²) >= 11 is 3.23. The van der Waals surface area contributed by atoms with Gasteiger partial charge in [-0.3, -0.25) is 0 Å². The second-order valence-corrected chi connectivity index (χ2v) is 5.01. The second-order valence-electron chi connectivity index (χ2n) is 2.78. The highest BCUT2D eigenvalue weighted by Gasteiger charge is 2.17. The van der Waals surface area contributed by atoms with E-state index in [4.69, 9.17) is 0 Å². The van der Waals surface area contributed by atoms with Crippen molar-refractivity contribution in [3.8, 4) is 0 Å². The van der Waals surface area contributed by atoms with Crippen molar-refractivity contribution < 1.29 is 12.3 Å². The Morgan fingerprint density at radius 1 is 1.36 bits per heavy atom. The molecule has 0 bridgehead atoms. The van der Waals surface area contributed by atoms with E-state index in [-0.39, 0.29) is 4.90 Å². The number of benzene rings is 1. The van der Waals surface area contributed by atoms with E-state index in [1.165, 1.54) is 0 Å². The van der Waals surface area contributed by atoms with Crippen LogP contribution in [0.3, 0.4) is 0 Å². The molecule has 0 radical (unpaired) electrons. The van der Waals surface area contributed by atoms with Gasteiger partial charge >= 0.3 is 10.2 Å². The molecule has 2 aromatic rings. The fraction of sp³-hybridized carbons (Fsp3) is 0. The Morgan fingerprint density at radius 3 is 2.71 bits per heavy atom. The van der Waals surface area contributed by atoms with E-state index >= 15 is 0 Å². The van der Waals surface area contributed by atoms with Crippen LogP contribution in [-0.4, -0.2) is 13.4 Å². The molecule has 6 heteroatoms. The molecule has 0 saturated heterocycles. The van der Waals surface area contributed by atoms with Crippen LogP contribution in [0.25, 0.3) is 10.9 Å². The van der Waals surface area contributed by atoms with E-state index in [9.17, 15) is 12.3 Å². The molecule has 2 rings (SSSR count). The summed E-state index contributed by atoms with van der Waals surface area (Å²) in [6.07, 6.45) is 1.15. The molecule has 0 amide bonds. The number of aromatic amines is 1. The minimum absolute atomic E-state index is 0.319. The van der Waals surface area contributed by atoms with Crippen LogP contribution in [-0.2, 0) is 10.2 Å². The van der Waals surface area contributed by atoms with Gasteiger partial charge in [0.25, 0.3) is 0 Å². The summed E-state index contributed by atoms with van der Waals surface area (Å²) in [6, 6.07) is 4.89. The molecule has 3 nitrogen and oxygen atoms in total. The molecule has 0 fully saturated rings. The normalized spacial score (nSPS) is 12.1. The Morgan fingerprint density at radius 2 is 2.07 bits per heavy atom. The Labute approximate surface area is 88.3 Å². The topological polar surface area (TPSA) is 49.9 Å². The van der Waals surface area contributed by atoms with E-state index in [0.29, 0.717) is 10.9 Å². The summed E-state index contributed by atoms with van der Waals surface area (Å²) in [5.41, 5.74) is 0.579. The quantitative estimate of drug-likeness (QED) is 0.815. The third kappa shape index (κ3) is 1.55. The van der Waals surface area contributed by atoms with Gasteiger partial charge in [-0.05, 0) is 12.1 Å². The molecule has 0 saturated carbocycles. The third-order valence-electron chi connectivity index (χ3n) is 1.87. The van der Waals surface area contributed by atoms with Crippen molar-refractivity contribution in [2.45, 2.75) is 4.90 Å². The van der Waals surface area contributed by atoms with Crippen LogP contribution in [0, 0.1) is 0 Å². The summed E-state index contributed by atoms with van der Waals surface area (Å²) in [7, 11) is -4.65. The summed E-state index contributed by atoms with van der Waals surface area (Å²) in [4.78, 5) is 2.37. The minimum Gasteiger partial charge on any atom is -0.360 e. The molecular formula is C8H5BrFNO2S. The standard InChI is InChI=1S/C8H5BrFNO2S/c9-5-1-2-6-7(3-5)11-4-8(6)14(10,12)13/h1-4,11H. The maximum atomic E-state index is 12.7. The fourth-order valence-corrected chi connectivity index (χ4v) is 2.27. The lowest BCUT2D eigenvalue weighted by molar-refractivity contribution is 0.553. The van der Waals surface area contributed by atoms with Crippen molar-refractivity contribution in [3.05, 3.63) is 28.9 Å². The van der Waals surface area contributed by atoms with Gasteiger partial charge in [0.05, 0.1) is 0 Å². The molecule has 0 aliphatic carbocycles. The average molecular weight is 278 g/mol. The first kappa shape index (κ1) is 9.67. The van der Waals surface area contributed by atoms with Gasteiger partial charge < -0.3 is 4.98 Å². The van der Waals surface area contributed by atoms with Crippen molar-refractivity contribution in [1.29, 1.82) is 0 Å². The Hall–Kier alpha value is -0.880. The van der Waals surface area contributed by atoms with Crippen molar-refractivity contribution in [1.82, 2.24) is 4.98 Å². The number of H-pyrrole nitrogens is 1. The molecule has 0 unspecified atom stereocenters. The first-order valence-corrected chi connectivity index (χ1v) is 5.87. The summed E-state index contributed by atoms with van der Waals surface area (Å²) in [6.45, 7) is 0. The highest BCUT2D eigenvalue weighted by Crippen LogP contribution is 2.26. The molecule has 1 aromatic carbocycles. The molecular weight excluding hydrogens is 273 g/mol. The van der Waals surface area contributed by atoms with Crippen LogP contribution in [0.4, 0.5) is 3.89 Å². The molecule has 0 atom stereocenters. The predicted molar refractivity (Wildman–Crippen MR) is 54.3 cm³/mol. The first-order valence-electron chi connectivity index (χ1n) is 3.70. The van der Waals surface area contributed by atoms with Gasteiger partial charge in [0, 0.05) is 21.6 Å². The molecule has 14 heavy (non-hydrogen) atoms. The third-order valence-corrected chi connectivity index (χ3v) is 3.22. The fourth-order valence-electron chi connectivity index (χ4n) is 1.27. The van der Waals surface area contributed by atoms with E-state index in [0.717, 1.165) is 10.7 Å². The number of hydrogen-bond acceptors (Lipinski definition) is 2. The van der Waals surface area contributed by atoms with Crippen LogP contribution in [0.5, 0.6) is 0 Å². The van der Waals surface area contributed by atoms with Crippen molar-refractivity contribution in [3.63, 3.8) is 0 Å². The van der Waals surface area contributed by atoms with Crippen LogP contribution >= 0.6 is 15.9 Å². The van der Waals surface area contributed by atoms with Gasteiger partial charge in [0.1, 0.15) is 4.90 Å². The Bertz CT molecular complexity index is 590. The van der Waals surface area contributed by atoms with Crippen LogP contribution in [0.15, 0.2) is 33.8 Å². The smallest absolute Gasteiger partial charge is 0.334 e. The zero-order valence-corrected chi connectivity index (χ0v) is 9.19. The van der Waals surface area contributed by atoms with E-state index in [2.05, 4.69) is 20.9 Å². The molecule has 0 spiro atoms. The zero-order chi connectivity index (χ0) is 10.3. The molecule has 1 N–H and O–H groups in total. The SMILES string of the molecule is O=S(=O)(F)c1c[nH]c2cc(Br)ccc12. The van der Waals surface area contributed by atoms with Crippen molar-refractivity contribution >= 4 is 37.1 Å². The number of rotatable bonds is 1. The highest BCUT2D eigenvalue weighted by atomic mass is 79.9. The second kappa shape index (κ2) is 3.06. The summed E-state index contributed by atoms with van der Waals surface area (Å²) in [5, 5.41) is 0.357. The number of nitrogens with one attached hydrogen (secondary N) is 1. The number of aromatic nitrogens is 1. The summed E-state index contributed by atoms with van der Waals surface area (Å²) < 4.78 is 34.9. The minimum atomic E-state index is -4.65. The van der Waals surface area contributed by atoms with Crippen LogP contribution in [0.1, 0.15) is 0 Å². The lowest BCUT2D eigenvalue weighted by Gasteiger charge is -1.93. The molecule has 1 heterocycles. The first-order chi connectivity index (χ1) is 6.48. The predicted octanol–water partition coefficient (Wildman–Crippen LogP) is 2.59. The lowest BCUT2D eigenvalue weighted by atomic mass is 10.2. The van der Waals surface area contributed by atoms with Crippen molar-refractivity contribution in [2.24, 2.45) is 0 Å². The van der Waals surface area contributed by atoms with Crippen molar-refractivity contribution in [2.75, 3.05) is 0 Å². The monoisotopic (exact) mass is 277 g/mol. The molecule has 0 aliphatic rings. The maximum absolute atomic E-state index is 12.7. The average Bonchev–Trinajstić information content (AvgIpc) is 2.45. The Balaban J connectivity index is 2.83. The Kier molecular flexibility index (Phi) is 2.11. The number of fused-ring (bicyclic) bond motifs is 1. The largest absolute Gasteiger partial charge is 0.360 e. The van der Waals surface area contributed by atoms with Gasteiger partial charge in [-0.15, -0.1) is 3.89 Å². The van der Waals surface area contributed by atoms with Crippen LogP contribution in [0.2, 0.25) is 0 Å². The summed E-state index contributed by atoms with van der Waals surface area (Å²) in [5.74, 6) is 0. The number of halogens is 2. The zero-order valence-electron chi connectivity index (χ0n) is 6.79. The highest BCUT2D eigenvalue weighted by molar-refractivity contribution is 9.10. The van der Waals surface area contributed by atoms with Crippen LogP contribution < -0.4 is 0 Å². The maximum Gasteiger partial charge on any atom is 0.334 e. The molecule has 0 aliphatic heterocycles. The van der Waals surface area contributed by atoms with Gasteiger partial charge in [0.2, 0.25) is 0 Å².